The normalized spacial score (nSPS) is 13.5. The van der Waals surface area contributed by atoms with Crippen molar-refractivity contribution in [3.05, 3.63) is 58.6 Å². The van der Waals surface area contributed by atoms with Crippen molar-refractivity contribution >= 4 is 38.9 Å². The number of carbonyl (C=O) groups is 1. The number of aryl methyl sites for hydroxylation is 1. The van der Waals surface area contributed by atoms with Crippen LogP contribution in [0.5, 0.6) is 0 Å². The fraction of sp³-hybridized carbons (Fsp3) is 0.316. The molecule has 1 N–H and O–H groups in total. The molecule has 0 fully saturated rings. The number of amides is 1. The molecule has 1 aliphatic rings. The fourth-order valence-corrected chi connectivity index (χ4v) is 4.33. The molecule has 7 heteroatoms. The summed E-state index contributed by atoms with van der Waals surface area (Å²) in [7, 11) is -3.26. The standard InChI is InChI=1S/C19H21ClN2O3S/c1-26(24,25)22-11-10-15-13-17(8-9-18(15)22)21-19(23)7-3-5-14-4-2-6-16(20)12-14/h2,4,6,8-9,12-13H,3,5,7,10-11H2,1H3,(H,21,23). The molecule has 3 rings (SSSR count). The average molecular weight is 393 g/mol. The molecule has 1 aliphatic heterocycles. The molecule has 2 aromatic carbocycles. The number of benzene rings is 2. The van der Waals surface area contributed by atoms with Gasteiger partial charge in [0.2, 0.25) is 15.9 Å². The SMILES string of the molecule is CS(=O)(=O)N1CCc2cc(NC(=O)CCCc3cccc(Cl)c3)ccc21. The molecular weight excluding hydrogens is 372 g/mol. The number of hydrogen-bond acceptors (Lipinski definition) is 3. The predicted octanol–water partition coefficient (Wildman–Crippen LogP) is 3.62. The lowest BCUT2D eigenvalue weighted by Crippen LogP contribution is -2.27. The van der Waals surface area contributed by atoms with Crippen molar-refractivity contribution in [3.63, 3.8) is 0 Å². The molecule has 2 aromatic rings. The van der Waals surface area contributed by atoms with Gasteiger partial charge in [-0.1, -0.05) is 23.7 Å². The molecule has 26 heavy (non-hydrogen) atoms. The molecule has 1 heterocycles. The van der Waals surface area contributed by atoms with Gasteiger partial charge >= 0.3 is 0 Å². The lowest BCUT2D eigenvalue weighted by atomic mass is 10.1. The third-order valence-electron chi connectivity index (χ3n) is 4.37. The molecule has 138 valence electrons. The highest BCUT2D eigenvalue weighted by atomic mass is 35.5. The molecule has 0 aliphatic carbocycles. The second kappa shape index (κ2) is 7.68. The van der Waals surface area contributed by atoms with Crippen molar-refractivity contribution in [3.8, 4) is 0 Å². The van der Waals surface area contributed by atoms with E-state index in [1.54, 1.807) is 12.1 Å². The smallest absolute Gasteiger partial charge is 0.232 e. The summed E-state index contributed by atoms with van der Waals surface area (Å²) in [6, 6.07) is 13.0. The number of carbonyl (C=O) groups excluding carboxylic acids is 1. The summed E-state index contributed by atoms with van der Waals surface area (Å²) >= 11 is 5.96. The van der Waals surface area contributed by atoms with Crippen LogP contribution >= 0.6 is 11.6 Å². The van der Waals surface area contributed by atoms with Gasteiger partial charge in [0.05, 0.1) is 11.9 Å². The molecule has 0 aromatic heterocycles. The van der Waals surface area contributed by atoms with E-state index >= 15 is 0 Å². The summed E-state index contributed by atoms with van der Waals surface area (Å²) in [6.45, 7) is 0.450. The monoisotopic (exact) mass is 392 g/mol. The topological polar surface area (TPSA) is 66.5 Å². The minimum Gasteiger partial charge on any atom is -0.326 e. The molecule has 0 bridgehead atoms. The van der Waals surface area contributed by atoms with E-state index in [9.17, 15) is 13.2 Å². The molecule has 0 saturated carbocycles. The van der Waals surface area contributed by atoms with Crippen LogP contribution in [-0.2, 0) is 27.7 Å². The number of nitrogens with zero attached hydrogens (tertiary/aromatic N) is 1. The van der Waals surface area contributed by atoms with Crippen LogP contribution in [0.15, 0.2) is 42.5 Å². The first kappa shape index (κ1) is 18.7. The van der Waals surface area contributed by atoms with E-state index in [1.807, 2.05) is 30.3 Å². The zero-order valence-electron chi connectivity index (χ0n) is 14.5. The molecule has 0 saturated heterocycles. The Bertz CT molecular complexity index is 928. The lowest BCUT2D eigenvalue weighted by Gasteiger charge is -2.16. The maximum atomic E-state index is 12.1. The van der Waals surface area contributed by atoms with Crippen LogP contribution in [0.1, 0.15) is 24.0 Å². The van der Waals surface area contributed by atoms with Crippen molar-refractivity contribution in [1.29, 1.82) is 0 Å². The second-order valence-electron chi connectivity index (χ2n) is 6.46. The van der Waals surface area contributed by atoms with E-state index in [0.29, 0.717) is 35.8 Å². The van der Waals surface area contributed by atoms with E-state index in [1.165, 1.54) is 10.6 Å². The summed E-state index contributed by atoms with van der Waals surface area (Å²) in [5.74, 6) is -0.0510. The van der Waals surface area contributed by atoms with Crippen LogP contribution in [0.2, 0.25) is 5.02 Å². The summed E-state index contributed by atoms with van der Waals surface area (Å²) in [4.78, 5) is 12.1. The highest BCUT2D eigenvalue weighted by molar-refractivity contribution is 7.92. The van der Waals surface area contributed by atoms with Gasteiger partial charge in [-0.3, -0.25) is 9.10 Å². The van der Waals surface area contributed by atoms with Crippen molar-refractivity contribution in [1.82, 2.24) is 0 Å². The van der Waals surface area contributed by atoms with E-state index in [4.69, 9.17) is 11.6 Å². The first-order chi connectivity index (χ1) is 12.3. The summed E-state index contributed by atoms with van der Waals surface area (Å²) in [5.41, 5.74) is 3.45. The molecule has 0 unspecified atom stereocenters. The van der Waals surface area contributed by atoms with Gasteiger partial charge in [0, 0.05) is 23.7 Å². The van der Waals surface area contributed by atoms with Gasteiger partial charge in [0.25, 0.3) is 0 Å². The number of fused-ring (bicyclic) bond motifs is 1. The Kier molecular flexibility index (Phi) is 5.53. The summed E-state index contributed by atoms with van der Waals surface area (Å²) < 4.78 is 24.9. The highest BCUT2D eigenvalue weighted by Gasteiger charge is 2.26. The van der Waals surface area contributed by atoms with Crippen molar-refractivity contribution in [2.24, 2.45) is 0 Å². The third kappa shape index (κ3) is 4.56. The maximum absolute atomic E-state index is 12.1. The van der Waals surface area contributed by atoms with Crippen LogP contribution in [0.3, 0.4) is 0 Å². The molecule has 1 amide bonds. The van der Waals surface area contributed by atoms with Crippen LogP contribution in [0.25, 0.3) is 0 Å². The minimum atomic E-state index is -3.26. The zero-order chi connectivity index (χ0) is 18.7. The number of halogens is 1. The Morgan fingerprint density at radius 1 is 1.23 bits per heavy atom. The van der Waals surface area contributed by atoms with Crippen LogP contribution < -0.4 is 9.62 Å². The Labute approximate surface area is 159 Å². The fourth-order valence-electron chi connectivity index (χ4n) is 3.16. The van der Waals surface area contributed by atoms with E-state index < -0.39 is 10.0 Å². The molecule has 0 radical (unpaired) electrons. The van der Waals surface area contributed by atoms with E-state index in [0.717, 1.165) is 24.0 Å². The van der Waals surface area contributed by atoms with Crippen molar-refractivity contribution in [2.45, 2.75) is 25.7 Å². The molecule has 0 spiro atoms. The van der Waals surface area contributed by atoms with Crippen molar-refractivity contribution in [2.75, 3.05) is 22.4 Å². The third-order valence-corrected chi connectivity index (χ3v) is 5.79. The first-order valence-corrected chi connectivity index (χ1v) is 10.7. The Hall–Kier alpha value is -2.05. The highest BCUT2D eigenvalue weighted by Crippen LogP contribution is 2.32. The van der Waals surface area contributed by atoms with Gasteiger partial charge in [-0.25, -0.2) is 8.42 Å². The Morgan fingerprint density at radius 3 is 2.77 bits per heavy atom. The molecule has 5 nitrogen and oxygen atoms in total. The van der Waals surface area contributed by atoms with E-state index in [2.05, 4.69) is 5.32 Å². The van der Waals surface area contributed by atoms with Gasteiger partial charge in [-0.2, -0.15) is 0 Å². The second-order valence-corrected chi connectivity index (χ2v) is 8.80. The van der Waals surface area contributed by atoms with Crippen molar-refractivity contribution < 1.29 is 13.2 Å². The minimum absolute atomic E-state index is 0.0510. The van der Waals surface area contributed by atoms with Crippen LogP contribution in [0, 0.1) is 0 Å². The van der Waals surface area contributed by atoms with Gasteiger partial charge in [0.15, 0.2) is 0 Å². The molecule has 0 atom stereocenters. The summed E-state index contributed by atoms with van der Waals surface area (Å²) in [5, 5.41) is 3.59. The van der Waals surface area contributed by atoms with Gasteiger partial charge < -0.3 is 5.32 Å². The first-order valence-electron chi connectivity index (χ1n) is 8.48. The summed E-state index contributed by atoms with van der Waals surface area (Å²) in [6.07, 6.45) is 3.80. The number of rotatable bonds is 6. The number of nitrogens with one attached hydrogen (secondary N) is 1. The number of anilines is 2. The number of sulfonamides is 1. The van der Waals surface area contributed by atoms with Gasteiger partial charge in [0.1, 0.15) is 0 Å². The molecular formula is C19H21ClN2O3S. The Morgan fingerprint density at radius 2 is 2.04 bits per heavy atom. The number of hydrogen-bond donors (Lipinski definition) is 1. The van der Waals surface area contributed by atoms with E-state index in [-0.39, 0.29) is 5.91 Å². The Balaban J connectivity index is 1.55. The van der Waals surface area contributed by atoms with Crippen LogP contribution in [-0.4, -0.2) is 27.1 Å². The lowest BCUT2D eigenvalue weighted by molar-refractivity contribution is -0.116. The predicted molar refractivity (Wildman–Crippen MR) is 105 cm³/mol. The zero-order valence-corrected chi connectivity index (χ0v) is 16.1. The average Bonchev–Trinajstić information content (AvgIpc) is 2.98. The van der Waals surface area contributed by atoms with Crippen LogP contribution in [0.4, 0.5) is 11.4 Å². The van der Waals surface area contributed by atoms with Gasteiger partial charge in [-0.15, -0.1) is 0 Å². The largest absolute Gasteiger partial charge is 0.326 e. The maximum Gasteiger partial charge on any atom is 0.232 e. The van der Waals surface area contributed by atoms with Gasteiger partial charge in [-0.05, 0) is 60.7 Å². The quantitative estimate of drug-likeness (QED) is 0.816.